The van der Waals surface area contributed by atoms with Gasteiger partial charge in [0.25, 0.3) is 0 Å². The molecule has 7 heteroatoms. The first kappa shape index (κ1) is 18.5. The van der Waals surface area contributed by atoms with Crippen LogP contribution in [0.15, 0.2) is 54.6 Å². The van der Waals surface area contributed by atoms with Crippen molar-refractivity contribution in [2.45, 2.75) is 19.2 Å². The van der Waals surface area contributed by atoms with E-state index in [2.05, 4.69) is 4.74 Å². The van der Waals surface area contributed by atoms with Gasteiger partial charge in [-0.15, -0.1) is 0 Å². The smallest absolute Gasteiger partial charge is 0.422 e. The van der Waals surface area contributed by atoms with Crippen molar-refractivity contribution in [3.05, 3.63) is 71.3 Å². The fourth-order valence-corrected chi connectivity index (χ4v) is 1.97. The van der Waals surface area contributed by atoms with E-state index in [4.69, 9.17) is 4.74 Å². The number of carbonyl (C=O) groups excluding carboxylic acids is 2. The van der Waals surface area contributed by atoms with Gasteiger partial charge in [0.15, 0.2) is 6.61 Å². The summed E-state index contributed by atoms with van der Waals surface area (Å²) >= 11 is 0. The van der Waals surface area contributed by atoms with Gasteiger partial charge in [0, 0.05) is 5.56 Å². The molecule has 1 unspecified atom stereocenters. The van der Waals surface area contributed by atoms with E-state index in [1.165, 1.54) is 24.3 Å². The lowest BCUT2D eigenvalue weighted by Gasteiger charge is -2.18. The Labute approximate surface area is 142 Å². The van der Waals surface area contributed by atoms with Crippen molar-refractivity contribution >= 4 is 11.9 Å². The molecule has 4 nitrogen and oxygen atoms in total. The molecular weight excluding hydrogens is 337 g/mol. The van der Waals surface area contributed by atoms with Crippen LogP contribution in [-0.4, -0.2) is 24.7 Å². The lowest BCUT2D eigenvalue weighted by Crippen LogP contribution is -2.27. The maximum Gasteiger partial charge on any atom is 0.422 e. The second-order valence-corrected chi connectivity index (χ2v) is 5.28. The lowest BCUT2D eigenvalue weighted by atomic mass is 10.1. The fraction of sp³-hybridized carbons (Fsp3) is 0.222. The van der Waals surface area contributed by atoms with Gasteiger partial charge in [0.1, 0.15) is 0 Å². The second-order valence-electron chi connectivity index (χ2n) is 5.28. The summed E-state index contributed by atoms with van der Waals surface area (Å²) in [5.74, 6) is -2.12. The highest BCUT2D eigenvalue weighted by molar-refractivity contribution is 5.91. The molecule has 2 rings (SSSR count). The van der Waals surface area contributed by atoms with Crippen molar-refractivity contribution < 1.29 is 32.2 Å². The number of ether oxygens (including phenoxy) is 2. The first-order valence-corrected chi connectivity index (χ1v) is 7.32. The molecule has 25 heavy (non-hydrogen) atoms. The number of rotatable bonds is 5. The van der Waals surface area contributed by atoms with E-state index in [0.717, 1.165) is 5.56 Å². The first-order valence-electron chi connectivity index (χ1n) is 7.32. The summed E-state index contributed by atoms with van der Waals surface area (Å²) in [4.78, 5) is 24.2. The zero-order valence-electron chi connectivity index (χ0n) is 13.2. The molecule has 0 saturated heterocycles. The molecule has 0 aliphatic rings. The Hall–Kier alpha value is -2.83. The number of benzene rings is 2. The Bertz CT molecular complexity index is 724. The molecule has 0 saturated carbocycles. The number of halogens is 3. The van der Waals surface area contributed by atoms with E-state index in [1.807, 2.05) is 6.92 Å². The minimum Gasteiger partial charge on any atom is -0.453 e. The zero-order chi connectivity index (χ0) is 18.4. The van der Waals surface area contributed by atoms with Gasteiger partial charge in [-0.3, -0.25) is 0 Å². The number of alkyl halides is 3. The van der Waals surface area contributed by atoms with Gasteiger partial charge in [-0.05, 0) is 19.1 Å². The fourth-order valence-electron chi connectivity index (χ4n) is 1.97. The third-order valence-electron chi connectivity index (χ3n) is 3.21. The molecule has 0 fully saturated rings. The third-order valence-corrected chi connectivity index (χ3v) is 3.21. The summed E-state index contributed by atoms with van der Waals surface area (Å²) in [6.07, 6.45) is -6.25. The molecule has 0 N–H and O–H groups in total. The van der Waals surface area contributed by atoms with E-state index >= 15 is 0 Å². The standard InChI is InChI=1S/C18H15F3O4/c1-12-7-9-14(10-8-12)16(22)25-15(13-5-3-2-4-6-13)17(23)24-11-18(19,20)21/h2-10,15H,11H2,1H3. The van der Waals surface area contributed by atoms with E-state index in [-0.39, 0.29) is 11.1 Å². The van der Waals surface area contributed by atoms with Crippen molar-refractivity contribution in [2.24, 2.45) is 0 Å². The molecule has 0 aliphatic carbocycles. The van der Waals surface area contributed by atoms with Crippen LogP contribution in [0.2, 0.25) is 0 Å². The SMILES string of the molecule is Cc1ccc(C(=O)OC(C(=O)OCC(F)(F)F)c2ccccc2)cc1. The summed E-state index contributed by atoms with van der Waals surface area (Å²) in [6.45, 7) is 0.0770. The molecule has 0 amide bonds. The summed E-state index contributed by atoms with van der Waals surface area (Å²) in [7, 11) is 0. The van der Waals surface area contributed by atoms with Gasteiger partial charge >= 0.3 is 18.1 Å². The van der Waals surface area contributed by atoms with Crippen molar-refractivity contribution in [2.75, 3.05) is 6.61 Å². The molecule has 2 aromatic carbocycles. The van der Waals surface area contributed by atoms with Crippen LogP contribution in [0, 0.1) is 6.92 Å². The van der Waals surface area contributed by atoms with Crippen molar-refractivity contribution in [1.29, 1.82) is 0 Å². The molecule has 2 aromatic rings. The number of aryl methyl sites for hydroxylation is 1. The van der Waals surface area contributed by atoms with E-state index in [1.54, 1.807) is 30.3 Å². The molecule has 132 valence electrons. The number of carbonyl (C=O) groups is 2. The van der Waals surface area contributed by atoms with Crippen LogP contribution in [0.4, 0.5) is 13.2 Å². The Kier molecular flexibility index (Phi) is 5.80. The Balaban J connectivity index is 2.18. The third kappa shape index (κ3) is 5.63. The summed E-state index contributed by atoms with van der Waals surface area (Å²) in [5.41, 5.74) is 1.31. The lowest BCUT2D eigenvalue weighted by molar-refractivity contribution is -0.192. The van der Waals surface area contributed by atoms with Crippen molar-refractivity contribution in [1.82, 2.24) is 0 Å². The zero-order valence-corrected chi connectivity index (χ0v) is 13.2. The van der Waals surface area contributed by atoms with Crippen LogP contribution in [0.25, 0.3) is 0 Å². The molecule has 1 atom stereocenters. The van der Waals surface area contributed by atoms with Gasteiger partial charge in [0.05, 0.1) is 5.56 Å². The number of hydrogen-bond acceptors (Lipinski definition) is 4. The van der Waals surface area contributed by atoms with Gasteiger partial charge in [0.2, 0.25) is 6.10 Å². The summed E-state index contributed by atoms with van der Waals surface area (Å²) in [5, 5.41) is 0. The average Bonchev–Trinajstić information content (AvgIpc) is 2.58. The van der Waals surface area contributed by atoms with E-state index < -0.39 is 30.8 Å². The molecular formula is C18H15F3O4. The van der Waals surface area contributed by atoms with Crippen molar-refractivity contribution in [3.8, 4) is 0 Å². The van der Waals surface area contributed by atoms with Crippen LogP contribution in [0.5, 0.6) is 0 Å². The van der Waals surface area contributed by atoms with Crippen LogP contribution in [0.3, 0.4) is 0 Å². The molecule has 0 aromatic heterocycles. The van der Waals surface area contributed by atoms with Crippen LogP contribution in [0.1, 0.15) is 27.6 Å². The van der Waals surface area contributed by atoms with E-state index in [0.29, 0.717) is 0 Å². The highest BCUT2D eigenvalue weighted by atomic mass is 19.4. The predicted molar refractivity (Wildman–Crippen MR) is 82.8 cm³/mol. The van der Waals surface area contributed by atoms with Gasteiger partial charge in [-0.25, -0.2) is 9.59 Å². The minimum atomic E-state index is -4.67. The Morgan fingerprint density at radius 3 is 2.16 bits per heavy atom. The largest absolute Gasteiger partial charge is 0.453 e. The predicted octanol–water partition coefficient (Wildman–Crippen LogP) is 4.00. The van der Waals surface area contributed by atoms with Crippen LogP contribution < -0.4 is 0 Å². The molecule has 0 bridgehead atoms. The molecule has 0 aliphatic heterocycles. The topological polar surface area (TPSA) is 52.6 Å². The Morgan fingerprint density at radius 1 is 1.00 bits per heavy atom. The average molecular weight is 352 g/mol. The van der Waals surface area contributed by atoms with Crippen LogP contribution in [-0.2, 0) is 14.3 Å². The second kappa shape index (κ2) is 7.83. The van der Waals surface area contributed by atoms with Crippen LogP contribution >= 0.6 is 0 Å². The maximum atomic E-state index is 12.3. The Morgan fingerprint density at radius 2 is 1.60 bits per heavy atom. The number of hydrogen-bond donors (Lipinski definition) is 0. The van der Waals surface area contributed by atoms with Gasteiger partial charge in [-0.1, -0.05) is 48.0 Å². The minimum absolute atomic E-state index is 0.176. The summed E-state index contributed by atoms with van der Waals surface area (Å²) < 4.78 is 46.1. The molecule has 0 radical (unpaired) electrons. The summed E-state index contributed by atoms with van der Waals surface area (Å²) in [6, 6.07) is 14.1. The first-order chi connectivity index (χ1) is 11.8. The monoisotopic (exact) mass is 352 g/mol. The molecule has 0 spiro atoms. The normalized spacial score (nSPS) is 12.3. The van der Waals surface area contributed by atoms with Gasteiger partial charge < -0.3 is 9.47 Å². The highest BCUT2D eigenvalue weighted by Crippen LogP contribution is 2.23. The highest BCUT2D eigenvalue weighted by Gasteiger charge is 2.33. The maximum absolute atomic E-state index is 12.3. The van der Waals surface area contributed by atoms with Gasteiger partial charge in [-0.2, -0.15) is 13.2 Å². The van der Waals surface area contributed by atoms with Crippen molar-refractivity contribution in [3.63, 3.8) is 0 Å². The van der Waals surface area contributed by atoms with E-state index in [9.17, 15) is 22.8 Å². The molecule has 0 heterocycles. The number of esters is 2. The quantitative estimate of drug-likeness (QED) is 0.764.